The zero-order valence-corrected chi connectivity index (χ0v) is 9.19. The third kappa shape index (κ3) is 3.87. The van der Waals surface area contributed by atoms with Gasteiger partial charge in [-0.3, -0.25) is 9.59 Å². The predicted molar refractivity (Wildman–Crippen MR) is 55.1 cm³/mol. The molecule has 2 amide bonds. The van der Waals surface area contributed by atoms with Gasteiger partial charge in [0.1, 0.15) is 0 Å². The Morgan fingerprint density at radius 1 is 1.67 bits per heavy atom. The largest absolute Gasteiger partial charge is 0.391 e. The second-order valence-electron chi connectivity index (χ2n) is 4.33. The summed E-state index contributed by atoms with van der Waals surface area (Å²) in [6.45, 7) is 4.95. The van der Waals surface area contributed by atoms with E-state index in [1.807, 2.05) is 13.8 Å². The van der Waals surface area contributed by atoms with Crippen molar-refractivity contribution in [1.29, 1.82) is 0 Å². The first kappa shape index (κ1) is 12.0. The van der Waals surface area contributed by atoms with Crippen LogP contribution in [0.25, 0.3) is 0 Å². The normalized spacial score (nSPS) is 21.2. The maximum Gasteiger partial charge on any atom is 0.239 e. The molecule has 0 aromatic carbocycles. The minimum absolute atomic E-state index is 0.0581. The van der Waals surface area contributed by atoms with Crippen molar-refractivity contribution in [3.63, 3.8) is 0 Å². The number of carbonyl (C=O) groups excluding carboxylic acids is 2. The second-order valence-corrected chi connectivity index (χ2v) is 4.33. The van der Waals surface area contributed by atoms with Gasteiger partial charge in [-0.25, -0.2) is 0 Å². The summed E-state index contributed by atoms with van der Waals surface area (Å²) in [7, 11) is 0. The lowest BCUT2D eigenvalue weighted by Crippen LogP contribution is -2.39. The van der Waals surface area contributed by atoms with Gasteiger partial charge in [0.25, 0.3) is 0 Å². The summed E-state index contributed by atoms with van der Waals surface area (Å²) in [6.07, 6.45) is -0.479. The number of aliphatic hydroxyl groups excluding tert-OH is 1. The number of carbonyl (C=O) groups is 2. The van der Waals surface area contributed by atoms with Crippen LogP contribution < -0.4 is 5.32 Å². The molecule has 86 valence electrons. The molecule has 0 aromatic rings. The Kier molecular flexibility index (Phi) is 4.08. The highest BCUT2D eigenvalue weighted by molar-refractivity contribution is 5.86. The maximum atomic E-state index is 11.4. The van der Waals surface area contributed by atoms with Crippen LogP contribution in [0.1, 0.15) is 20.3 Å². The highest BCUT2D eigenvalue weighted by atomic mass is 16.3. The van der Waals surface area contributed by atoms with E-state index < -0.39 is 6.10 Å². The van der Waals surface area contributed by atoms with E-state index in [1.54, 1.807) is 0 Å². The van der Waals surface area contributed by atoms with Gasteiger partial charge in [-0.05, 0) is 5.92 Å². The molecule has 1 aliphatic rings. The molecule has 5 nitrogen and oxygen atoms in total. The first-order valence-corrected chi connectivity index (χ1v) is 5.21. The summed E-state index contributed by atoms with van der Waals surface area (Å²) >= 11 is 0. The van der Waals surface area contributed by atoms with Crippen LogP contribution in [0.4, 0.5) is 0 Å². The van der Waals surface area contributed by atoms with Crippen LogP contribution >= 0.6 is 0 Å². The molecule has 0 radical (unpaired) electrons. The van der Waals surface area contributed by atoms with Crippen molar-refractivity contribution < 1.29 is 14.7 Å². The topological polar surface area (TPSA) is 69.6 Å². The summed E-state index contributed by atoms with van der Waals surface area (Å²) in [6, 6.07) is 0. The minimum Gasteiger partial charge on any atom is -0.391 e. The predicted octanol–water partition coefficient (Wildman–Crippen LogP) is -0.648. The molecule has 5 heteroatoms. The Hall–Kier alpha value is -1.10. The van der Waals surface area contributed by atoms with Crippen LogP contribution in [0.5, 0.6) is 0 Å². The fourth-order valence-corrected chi connectivity index (χ4v) is 1.45. The summed E-state index contributed by atoms with van der Waals surface area (Å²) in [5.41, 5.74) is 0. The van der Waals surface area contributed by atoms with Crippen molar-refractivity contribution in [3.05, 3.63) is 0 Å². The Morgan fingerprint density at radius 3 is 2.80 bits per heavy atom. The van der Waals surface area contributed by atoms with Crippen molar-refractivity contribution in [2.24, 2.45) is 5.92 Å². The number of likely N-dealkylation sites (tertiary alicyclic amines) is 1. The number of aliphatic hydroxyl groups is 1. The van der Waals surface area contributed by atoms with E-state index in [1.165, 1.54) is 4.90 Å². The van der Waals surface area contributed by atoms with Gasteiger partial charge in [0, 0.05) is 13.1 Å². The maximum absolute atomic E-state index is 11.4. The van der Waals surface area contributed by atoms with Crippen molar-refractivity contribution in [2.45, 2.75) is 26.4 Å². The van der Waals surface area contributed by atoms with Crippen molar-refractivity contribution in [3.8, 4) is 0 Å². The molecular formula is C10H18N2O3. The van der Waals surface area contributed by atoms with E-state index in [4.69, 9.17) is 0 Å². The van der Waals surface area contributed by atoms with Gasteiger partial charge in [-0.15, -0.1) is 0 Å². The molecule has 0 aromatic heterocycles. The summed E-state index contributed by atoms with van der Waals surface area (Å²) in [4.78, 5) is 24.0. The van der Waals surface area contributed by atoms with E-state index in [2.05, 4.69) is 5.32 Å². The van der Waals surface area contributed by atoms with E-state index in [-0.39, 0.29) is 31.3 Å². The van der Waals surface area contributed by atoms with Gasteiger partial charge < -0.3 is 15.3 Å². The quantitative estimate of drug-likeness (QED) is 0.653. The Bertz CT molecular complexity index is 253. The summed E-state index contributed by atoms with van der Waals surface area (Å²) < 4.78 is 0. The van der Waals surface area contributed by atoms with Gasteiger partial charge in [-0.1, -0.05) is 13.8 Å². The van der Waals surface area contributed by atoms with Crippen molar-refractivity contribution in [1.82, 2.24) is 10.2 Å². The molecule has 1 rings (SSSR count). The van der Waals surface area contributed by atoms with Gasteiger partial charge >= 0.3 is 0 Å². The van der Waals surface area contributed by atoms with Crippen LogP contribution in [-0.4, -0.2) is 47.6 Å². The third-order valence-electron chi connectivity index (χ3n) is 2.24. The van der Waals surface area contributed by atoms with Gasteiger partial charge in [0.15, 0.2) is 0 Å². The number of rotatable bonds is 4. The Morgan fingerprint density at radius 2 is 2.33 bits per heavy atom. The van der Waals surface area contributed by atoms with E-state index >= 15 is 0 Å². The van der Waals surface area contributed by atoms with Gasteiger partial charge in [-0.2, -0.15) is 0 Å². The molecule has 2 N–H and O–H groups in total. The smallest absolute Gasteiger partial charge is 0.239 e. The molecule has 15 heavy (non-hydrogen) atoms. The fraction of sp³-hybridized carbons (Fsp3) is 0.800. The first-order chi connectivity index (χ1) is 6.99. The van der Waals surface area contributed by atoms with Crippen LogP contribution in [0.15, 0.2) is 0 Å². The third-order valence-corrected chi connectivity index (χ3v) is 2.24. The number of nitrogens with zero attached hydrogens (tertiary/aromatic N) is 1. The van der Waals surface area contributed by atoms with Crippen molar-refractivity contribution >= 4 is 11.8 Å². The standard InChI is InChI=1S/C10H18N2O3/c1-7(2)4-11-9(14)6-12-5-8(13)3-10(12)15/h7-8,13H,3-6H2,1-2H3,(H,11,14). The van der Waals surface area contributed by atoms with Crippen molar-refractivity contribution in [2.75, 3.05) is 19.6 Å². The van der Waals surface area contributed by atoms with Crippen LogP contribution in [0, 0.1) is 5.92 Å². The summed E-state index contributed by atoms with van der Waals surface area (Å²) in [5.74, 6) is 0.0853. The molecule has 0 spiro atoms. The highest BCUT2D eigenvalue weighted by Gasteiger charge is 2.29. The van der Waals surface area contributed by atoms with E-state index in [9.17, 15) is 14.7 Å². The molecule has 1 atom stereocenters. The lowest BCUT2D eigenvalue weighted by atomic mass is 10.2. The Balaban J connectivity index is 2.29. The molecule has 1 fully saturated rings. The molecular weight excluding hydrogens is 196 g/mol. The second kappa shape index (κ2) is 5.11. The van der Waals surface area contributed by atoms with E-state index in [0.29, 0.717) is 12.5 Å². The first-order valence-electron chi connectivity index (χ1n) is 5.21. The average Bonchev–Trinajstić information content (AvgIpc) is 2.42. The zero-order valence-electron chi connectivity index (χ0n) is 9.19. The number of amides is 2. The molecule has 1 saturated heterocycles. The molecule has 1 unspecified atom stereocenters. The number of nitrogens with one attached hydrogen (secondary N) is 1. The fourth-order valence-electron chi connectivity index (χ4n) is 1.45. The monoisotopic (exact) mass is 214 g/mol. The SMILES string of the molecule is CC(C)CNC(=O)CN1CC(O)CC1=O. The van der Waals surface area contributed by atoms with Crippen LogP contribution in [0.3, 0.4) is 0 Å². The lowest BCUT2D eigenvalue weighted by molar-refractivity contribution is -0.133. The molecule has 0 saturated carbocycles. The van der Waals surface area contributed by atoms with Crippen LogP contribution in [-0.2, 0) is 9.59 Å². The molecule has 1 heterocycles. The van der Waals surface area contributed by atoms with E-state index in [0.717, 1.165) is 0 Å². The van der Waals surface area contributed by atoms with Crippen LogP contribution in [0.2, 0.25) is 0 Å². The highest BCUT2D eigenvalue weighted by Crippen LogP contribution is 2.09. The average molecular weight is 214 g/mol. The molecule has 1 aliphatic heterocycles. The zero-order chi connectivity index (χ0) is 11.4. The number of hydrogen-bond acceptors (Lipinski definition) is 3. The number of hydrogen-bond donors (Lipinski definition) is 2. The number of β-amino-alcohol motifs (C(OH)–C–C–N with tert-alkyl or cyclic N) is 1. The minimum atomic E-state index is -0.615. The molecule has 0 aliphatic carbocycles. The lowest BCUT2D eigenvalue weighted by Gasteiger charge is -2.15. The Labute approximate surface area is 89.4 Å². The molecule has 0 bridgehead atoms. The van der Waals surface area contributed by atoms with Gasteiger partial charge in [0.05, 0.1) is 19.1 Å². The summed E-state index contributed by atoms with van der Waals surface area (Å²) in [5, 5.41) is 11.9. The van der Waals surface area contributed by atoms with Gasteiger partial charge in [0.2, 0.25) is 11.8 Å².